The zero-order chi connectivity index (χ0) is 10.8. The fraction of sp³-hybridized carbons (Fsp3) is 0.818. The minimum Gasteiger partial charge on any atom is -0.387 e. The van der Waals surface area contributed by atoms with Crippen LogP contribution < -0.4 is 5.73 Å². The molecule has 0 aromatic rings. The third-order valence-corrected chi connectivity index (χ3v) is 3.11. The lowest BCUT2D eigenvalue weighted by Crippen LogP contribution is -2.36. The van der Waals surface area contributed by atoms with Crippen LogP contribution in [0.15, 0.2) is 4.99 Å². The highest BCUT2D eigenvalue weighted by Crippen LogP contribution is 2.29. The maximum atomic E-state index is 11.9. The summed E-state index contributed by atoms with van der Waals surface area (Å²) in [5.41, 5.74) is 5.80. The highest BCUT2D eigenvalue weighted by molar-refractivity contribution is 5.89. The van der Waals surface area contributed by atoms with Crippen LogP contribution in [0.3, 0.4) is 0 Å². The third kappa shape index (κ3) is 2.49. The van der Waals surface area contributed by atoms with E-state index in [2.05, 4.69) is 4.99 Å². The van der Waals surface area contributed by atoms with Crippen molar-refractivity contribution in [2.24, 2.45) is 16.6 Å². The summed E-state index contributed by atoms with van der Waals surface area (Å²) in [5, 5.41) is 0. The number of aliphatic imine (C=N–C) groups is 1. The summed E-state index contributed by atoms with van der Waals surface area (Å²) in [5.74, 6) is 1.27. The molecule has 1 atom stereocenters. The molecule has 0 radical (unpaired) electrons. The van der Waals surface area contributed by atoms with Gasteiger partial charge in [-0.1, -0.05) is 0 Å². The molecule has 84 valence electrons. The first kappa shape index (κ1) is 10.5. The number of carbonyl (C=O) groups is 1. The van der Waals surface area contributed by atoms with E-state index in [1.54, 1.807) is 0 Å². The van der Waals surface area contributed by atoms with Gasteiger partial charge in [-0.3, -0.25) is 9.79 Å². The van der Waals surface area contributed by atoms with Gasteiger partial charge in [0.1, 0.15) is 6.04 Å². The smallest absolute Gasteiger partial charge is 0.247 e. The zero-order valence-corrected chi connectivity index (χ0v) is 9.28. The second-order valence-corrected chi connectivity index (χ2v) is 4.54. The van der Waals surface area contributed by atoms with Crippen molar-refractivity contribution in [2.45, 2.75) is 38.6 Å². The number of nitrogens with two attached hydrogens (primary N) is 1. The van der Waals surface area contributed by atoms with E-state index in [9.17, 15) is 4.79 Å². The van der Waals surface area contributed by atoms with E-state index in [-0.39, 0.29) is 11.9 Å². The molecule has 0 aromatic heterocycles. The summed E-state index contributed by atoms with van der Waals surface area (Å²) in [6, 6.07) is -0.288. The fourth-order valence-corrected chi connectivity index (χ4v) is 1.97. The van der Waals surface area contributed by atoms with Crippen molar-refractivity contribution < 1.29 is 4.79 Å². The van der Waals surface area contributed by atoms with E-state index >= 15 is 0 Å². The van der Waals surface area contributed by atoms with Gasteiger partial charge in [-0.05, 0) is 32.6 Å². The van der Waals surface area contributed by atoms with E-state index in [0.717, 1.165) is 38.8 Å². The summed E-state index contributed by atoms with van der Waals surface area (Å²) in [7, 11) is 0. The molecule has 1 saturated heterocycles. The number of amidine groups is 1. The lowest BCUT2D eigenvalue weighted by molar-refractivity contribution is -0.131. The molecule has 1 heterocycles. The molecule has 2 aliphatic rings. The van der Waals surface area contributed by atoms with Crippen molar-refractivity contribution in [3.63, 3.8) is 0 Å². The predicted octanol–water partition coefficient (Wildman–Crippen LogP) is 0.765. The van der Waals surface area contributed by atoms with Gasteiger partial charge in [-0.25, -0.2) is 0 Å². The minimum atomic E-state index is -0.288. The molecular weight excluding hydrogens is 190 g/mol. The third-order valence-electron chi connectivity index (χ3n) is 3.11. The van der Waals surface area contributed by atoms with Gasteiger partial charge in [-0.2, -0.15) is 0 Å². The standard InChI is InChI=1S/C11H19N3O/c1-8(13-10(12)9-4-5-9)11(15)14-6-2-3-7-14/h8-9H,2-7H2,1H3,(H2,12,13). The van der Waals surface area contributed by atoms with Crippen molar-refractivity contribution in [3.8, 4) is 0 Å². The van der Waals surface area contributed by atoms with Crippen LogP contribution in [-0.4, -0.2) is 35.8 Å². The van der Waals surface area contributed by atoms with Crippen LogP contribution in [0, 0.1) is 5.92 Å². The van der Waals surface area contributed by atoms with Gasteiger partial charge in [0.25, 0.3) is 0 Å². The molecule has 1 aliphatic heterocycles. The number of nitrogens with zero attached hydrogens (tertiary/aromatic N) is 2. The molecule has 1 saturated carbocycles. The van der Waals surface area contributed by atoms with Gasteiger partial charge in [0.2, 0.25) is 5.91 Å². The molecule has 1 aliphatic carbocycles. The SMILES string of the molecule is CC(N=C(N)C1CC1)C(=O)N1CCCC1. The average molecular weight is 209 g/mol. The zero-order valence-electron chi connectivity index (χ0n) is 9.28. The number of hydrogen-bond donors (Lipinski definition) is 1. The average Bonchev–Trinajstić information content (AvgIpc) is 2.93. The molecule has 4 nitrogen and oxygen atoms in total. The highest BCUT2D eigenvalue weighted by atomic mass is 16.2. The van der Waals surface area contributed by atoms with Gasteiger partial charge in [0.15, 0.2) is 0 Å². The first-order valence-corrected chi connectivity index (χ1v) is 5.80. The maximum Gasteiger partial charge on any atom is 0.247 e. The van der Waals surface area contributed by atoms with Crippen molar-refractivity contribution in [1.82, 2.24) is 4.90 Å². The van der Waals surface area contributed by atoms with Gasteiger partial charge >= 0.3 is 0 Å². The second kappa shape index (κ2) is 4.21. The van der Waals surface area contributed by atoms with Gasteiger partial charge in [-0.15, -0.1) is 0 Å². The number of rotatable bonds is 3. The van der Waals surface area contributed by atoms with Crippen molar-refractivity contribution >= 4 is 11.7 Å². The summed E-state index contributed by atoms with van der Waals surface area (Å²) in [4.78, 5) is 18.1. The van der Waals surface area contributed by atoms with Crippen molar-refractivity contribution in [2.75, 3.05) is 13.1 Å². The largest absolute Gasteiger partial charge is 0.387 e. The molecule has 1 amide bonds. The molecule has 0 aromatic carbocycles. The molecule has 2 rings (SSSR count). The first-order chi connectivity index (χ1) is 7.18. The Kier molecular flexibility index (Phi) is 2.93. The lowest BCUT2D eigenvalue weighted by Gasteiger charge is -2.18. The van der Waals surface area contributed by atoms with Crippen LogP contribution in [0.5, 0.6) is 0 Å². The molecule has 0 spiro atoms. The van der Waals surface area contributed by atoms with E-state index in [1.165, 1.54) is 0 Å². The number of amides is 1. The Bertz CT molecular complexity index is 278. The Morgan fingerprint density at radius 1 is 1.40 bits per heavy atom. The highest BCUT2D eigenvalue weighted by Gasteiger charge is 2.28. The molecule has 15 heavy (non-hydrogen) atoms. The molecule has 0 bridgehead atoms. The lowest BCUT2D eigenvalue weighted by atomic mass is 10.3. The van der Waals surface area contributed by atoms with E-state index in [4.69, 9.17) is 5.73 Å². The van der Waals surface area contributed by atoms with Crippen LogP contribution >= 0.6 is 0 Å². The molecular formula is C11H19N3O. The first-order valence-electron chi connectivity index (χ1n) is 5.80. The Labute approximate surface area is 90.5 Å². The van der Waals surface area contributed by atoms with Gasteiger partial charge < -0.3 is 10.6 Å². The van der Waals surface area contributed by atoms with Crippen LogP contribution in [0.1, 0.15) is 32.6 Å². The van der Waals surface area contributed by atoms with Crippen LogP contribution in [0.4, 0.5) is 0 Å². The topological polar surface area (TPSA) is 58.7 Å². The van der Waals surface area contributed by atoms with E-state index < -0.39 is 0 Å². The summed E-state index contributed by atoms with van der Waals surface area (Å²) in [6.45, 7) is 3.62. The molecule has 4 heteroatoms. The molecule has 1 unspecified atom stereocenters. The summed E-state index contributed by atoms with van der Waals surface area (Å²) < 4.78 is 0. The van der Waals surface area contributed by atoms with Crippen LogP contribution in [0.25, 0.3) is 0 Å². The number of hydrogen-bond acceptors (Lipinski definition) is 2. The molecule has 2 N–H and O–H groups in total. The molecule has 2 fully saturated rings. The Hall–Kier alpha value is -1.06. The number of likely N-dealkylation sites (tertiary alicyclic amines) is 1. The Balaban J connectivity index is 1.91. The van der Waals surface area contributed by atoms with Crippen LogP contribution in [-0.2, 0) is 4.79 Å². The minimum absolute atomic E-state index is 0.135. The summed E-state index contributed by atoms with van der Waals surface area (Å²) in [6.07, 6.45) is 4.53. The van der Waals surface area contributed by atoms with Gasteiger partial charge in [0.05, 0.1) is 5.84 Å². The van der Waals surface area contributed by atoms with Crippen molar-refractivity contribution in [1.29, 1.82) is 0 Å². The quantitative estimate of drug-likeness (QED) is 0.551. The monoisotopic (exact) mass is 209 g/mol. The Morgan fingerprint density at radius 3 is 2.53 bits per heavy atom. The van der Waals surface area contributed by atoms with Gasteiger partial charge in [0, 0.05) is 19.0 Å². The maximum absolute atomic E-state index is 11.9. The number of carbonyl (C=O) groups excluding carboxylic acids is 1. The van der Waals surface area contributed by atoms with E-state index in [1.807, 2.05) is 11.8 Å². The second-order valence-electron chi connectivity index (χ2n) is 4.54. The summed E-state index contributed by atoms with van der Waals surface area (Å²) >= 11 is 0. The fourth-order valence-electron chi connectivity index (χ4n) is 1.97. The Morgan fingerprint density at radius 2 is 2.00 bits per heavy atom. The van der Waals surface area contributed by atoms with E-state index in [0.29, 0.717) is 11.8 Å². The van der Waals surface area contributed by atoms with Crippen LogP contribution in [0.2, 0.25) is 0 Å². The van der Waals surface area contributed by atoms with Crippen molar-refractivity contribution in [3.05, 3.63) is 0 Å². The normalized spacial score (nSPS) is 24.3. The predicted molar refractivity (Wildman–Crippen MR) is 59.6 cm³/mol.